The Balaban J connectivity index is 1.76. The largest absolute Gasteiger partial charge is 0.488 e. The van der Waals surface area contributed by atoms with Crippen LogP contribution in [-0.2, 0) is 12.0 Å². The Morgan fingerprint density at radius 2 is 1.95 bits per heavy atom. The highest BCUT2D eigenvalue weighted by molar-refractivity contribution is 5.63. The van der Waals surface area contributed by atoms with Gasteiger partial charge in [0.25, 0.3) is 0 Å². The summed E-state index contributed by atoms with van der Waals surface area (Å²) in [6.07, 6.45) is 2.23. The number of fused-ring (bicyclic) bond motifs is 1. The first-order valence-electron chi connectivity index (χ1n) is 7.43. The Morgan fingerprint density at radius 3 is 2.76 bits per heavy atom. The molecule has 2 N–H and O–H groups in total. The van der Waals surface area contributed by atoms with Gasteiger partial charge in [0.2, 0.25) is 0 Å². The van der Waals surface area contributed by atoms with Gasteiger partial charge in [0.1, 0.15) is 18.0 Å². The second kappa shape index (κ2) is 5.78. The average molecular weight is 283 g/mol. The van der Waals surface area contributed by atoms with E-state index in [0.29, 0.717) is 0 Å². The third-order valence-electron chi connectivity index (χ3n) is 3.94. The minimum absolute atomic E-state index is 0.231. The molecule has 0 spiro atoms. The van der Waals surface area contributed by atoms with Crippen molar-refractivity contribution < 1.29 is 9.84 Å². The first-order valence-corrected chi connectivity index (χ1v) is 7.43. The van der Waals surface area contributed by atoms with Crippen LogP contribution < -0.4 is 10.1 Å². The van der Waals surface area contributed by atoms with Crippen molar-refractivity contribution in [3.8, 4) is 5.75 Å². The van der Waals surface area contributed by atoms with Gasteiger partial charge in [-0.25, -0.2) is 0 Å². The fraction of sp³-hybridized carbons (Fsp3) is 0.333. The predicted octanol–water partition coefficient (Wildman–Crippen LogP) is 3.33. The summed E-state index contributed by atoms with van der Waals surface area (Å²) in [7, 11) is 0. The molecule has 2 aromatic rings. The Bertz CT molecular complexity index is 608. The van der Waals surface area contributed by atoms with E-state index in [4.69, 9.17) is 4.74 Å². The summed E-state index contributed by atoms with van der Waals surface area (Å²) in [5, 5.41) is 14.0. The molecule has 3 nitrogen and oxygen atoms in total. The van der Waals surface area contributed by atoms with Crippen LogP contribution in [-0.4, -0.2) is 18.3 Å². The van der Waals surface area contributed by atoms with Gasteiger partial charge >= 0.3 is 0 Å². The van der Waals surface area contributed by atoms with Crippen molar-refractivity contribution in [3.63, 3.8) is 0 Å². The lowest BCUT2D eigenvalue weighted by Crippen LogP contribution is -2.29. The van der Waals surface area contributed by atoms with E-state index in [1.54, 1.807) is 6.92 Å². The van der Waals surface area contributed by atoms with Crippen molar-refractivity contribution >= 4 is 5.69 Å². The van der Waals surface area contributed by atoms with E-state index >= 15 is 0 Å². The van der Waals surface area contributed by atoms with E-state index in [1.165, 1.54) is 5.56 Å². The molecule has 0 saturated heterocycles. The number of aryl methyl sites for hydroxylation is 1. The summed E-state index contributed by atoms with van der Waals surface area (Å²) in [6.45, 7) is 2.99. The maximum Gasteiger partial charge on any atom is 0.142 e. The van der Waals surface area contributed by atoms with Crippen molar-refractivity contribution in [1.82, 2.24) is 0 Å². The summed E-state index contributed by atoms with van der Waals surface area (Å²) >= 11 is 0. The number of hydrogen-bond acceptors (Lipinski definition) is 3. The Morgan fingerprint density at radius 1 is 1.14 bits per heavy atom. The molecule has 0 bridgehead atoms. The summed E-state index contributed by atoms with van der Waals surface area (Å²) < 4.78 is 5.91. The first kappa shape index (κ1) is 14.0. The normalized spacial score (nSPS) is 16.5. The summed E-state index contributed by atoms with van der Waals surface area (Å²) in [4.78, 5) is 0. The van der Waals surface area contributed by atoms with Crippen LogP contribution in [0.1, 0.15) is 24.5 Å². The Hall–Kier alpha value is -2.00. The van der Waals surface area contributed by atoms with Gasteiger partial charge in [0, 0.05) is 6.54 Å². The number of ether oxygens (including phenoxy) is 1. The van der Waals surface area contributed by atoms with Crippen LogP contribution >= 0.6 is 0 Å². The number of aliphatic hydroxyl groups is 1. The second-order valence-corrected chi connectivity index (χ2v) is 5.75. The van der Waals surface area contributed by atoms with E-state index < -0.39 is 5.60 Å². The zero-order valence-corrected chi connectivity index (χ0v) is 12.3. The number of nitrogens with one attached hydrogen (secondary N) is 1. The molecule has 0 radical (unpaired) electrons. The Labute approximate surface area is 125 Å². The van der Waals surface area contributed by atoms with Crippen molar-refractivity contribution in [3.05, 3.63) is 59.7 Å². The van der Waals surface area contributed by atoms with E-state index in [9.17, 15) is 5.11 Å². The highest BCUT2D eigenvalue weighted by atomic mass is 16.5. The summed E-state index contributed by atoms with van der Waals surface area (Å²) in [5.41, 5.74) is 2.23. The molecule has 3 rings (SSSR count). The smallest absolute Gasteiger partial charge is 0.142 e. The zero-order valence-electron chi connectivity index (χ0n) is 12.3. The van der Waals surface area contributed by atoms with Crippen molar-refractivity contribution in [2.45, 2.75) is 25.4 Å². The van der Waals surface area contributed by atoms with Gasteiger partial charge in [0.15, 0.2) is 0 Å². The van der Waals surface area contributed by atoms with Crippen molar-refractivity contribution in [2.75, 3.05) is 18.5 Å². The van der Waals surface area contributed by atoms with Gasteiger partial charge in [-0.15, -0.1) is 0 Å². The molecular weight excluding hydrogens is 262 g/mol. The second-order valence-electron chi connectivity index (χ2n) is 5.75. The van der Waals surface area contributed by atoms with Crippen LogP contribution in [0.15, 0.2) is 48.5 Å². The molecule has 1 heterocycles. The van der Waals surface area contributed by atoms with E-state index in [2.05, 4.69) is 11.4 Å². The molecular formula is C18H21NO2. The Kier molecular flexibility index (Phi) is 3.84. The van der Waals surface area contributed by atoms with Gasteiger partial charge in [-0.1, -0.05) is 42.5 Å². The van der Waals surface area contributed by atoms with Crippen LogP contribution in [0.3, 0.4) is 0 Å². The van der Waals surface area contributed by atoms with Crippen LogP contribution in [0.2, 0.25) is 0 Å². The van der Waals surface area contributed by atoms with Crippen LogP contribution in [0, 0.1) is 0 Å². The van der Waals surface area contributed by atoms with E-state index in [0.717, 1.165) is 36.4 Å². The molecule has 3 heteroatoms. The molecule has 1 aliphatic heterocycles. The average Bonchev–Trinajstić information content (AvgIpc) is 2.54. The maximum absolute atomic E-state index is 10.6. The van der Waals surface area contributed by atoms with Gasteiger partial charge in [-0.05, 0) is 37.0 Å². The molecule has 1 atom stereocenters. The molecule has 0 amide bonds. The summed E-state index contributed by atoms with van der Waals surface area (Å²) in [6, 6.07) is 15.7. The number of para-hydroxylation sites is 1. The van der Waals surface area contributed by atoms with Crippen LogP contribution in [0.4, 0.5) is 5.69 Å². The first-order chi connectivity index (χ1) is 10.2. The highest BCUT2D eigenvalue weighted by Crippen LogP contribution is 2.33. The minimum Gasteiger partial charge on any atom is -0.488 e. The molecule has 0 aliphatic carbocycles. The minimum atomic E-state index is -1.00. The highest BCUT2D eigenvalue weighted by Gasteiger charge is 2.24. The topological polar surface area (TPSA) is 41.5 Å². The lowest BCUT2D eigenvalue weighted by molar-refractivity contribution is 0.00780. The summed E-state index contributed by atoms with van der Waals surface area (Å²) in [5.74, 6) is 0.823. The molecule has 1 aliphatic rings. The molecule has 21 heavy (non-hydrogen) atoms. The molecule has 110 valence electrons. The molecule has 1 unspecified atom stereocenters. The van der Waals surface area contributed by atoms with Gasteiger partial charge in [-0.3, -0.25) is 0 Å². The number of hydrogen-bond donors (Lipinski definition) is 2. The van der Waals surface area contributed by atoms with Gasteiger partial charge in [0.05, 0.1) is 5.69 Å². The van der Waals surface area contributed by atoms with E-state index in [-0.39, 0.29) is 6.61 Å². The molecule has 0 saturated carbocycles. The number of anilines is 1. The lowest BCUT2D eigenvalue weighted by atomic mass is 9.97. The van der Waals surface area contributed by atoms with E-state index in [1.807, 2.05) is 42.5 Å². The standard InChI is InChI=1S/C18H21NO2/c1-18(20,15-9-3-2-4-10-15)13-21-16-11-5-7-14-8-6-12-19-17(14)16/h2-5,7,9-11,19-20H,6,8,12-13H2,1H3. The van der Waals surface area contributed by atoms with Crippen LogP contribution in [0.5, 0.6) is 5.75 Å². The third-order valence-corrected chi connectivity index (χ3v) is 3.94. The number of rotatable bonds is 4. The predicted molar refractivity (Wildman–Crippen MR) is 84.8 cm³/mol. The molecule has 0 aromatic heterocycles. The zero-order chi connectivity index (χ0) is 14.7. The fourth-order valence-corrected chi connectivity index (χ4v) is 2.70. The van der Waals surface area contributed by atoms with Gasteiger partial charge < -0.3 is 15.2 Å². The third kappa shape index (κ3) is 3.03. The monoisotopic (exact) mass is 283 g/mol. The quantitative estimate of drug-likeness (QED) is 0.904. The van der Waals surface area contributed by atoms with Crippen molar-refractivity contribution in [2.24, 2.45) is 0 Å². The number of benzene rings is 2. The maximum atomic E-state index is 10.6. The van der Waals surface area contributed by atoms with Crippen LogP contribution in [0.25, 0.3) is 0 Å². The molecule has 0 fully saturated rings. The van der Waals surface area contributed by atoms with Gasteiger partial charge in [-0.2, -0.15) is 0 Å². The van der Waals surface area contributed by atoms with Crippen molar-refractivity contribution in [1.29, 1.82) is 0 Å². The SMILES string of the molecule is CC(O)(COc1cccc2c1NCCC2)c1ccccc1. The molecule has 2 aromatic carbocycles. The fourth-order valence-electron chi connectivity index (χ4n) is 2.70. The lowest BCUT2D eigenvalue weighted by Gasteiger charge is -2.26.